The maximum absolute atomic E-state index is 13.2. The predicted molar refractivity (Wildman–Crippen MR) is 73.3 cm³/mol. The molecule has 2 saturated heterocycles. The molecule has 3 aliphatic heterocycles. The molecule has 2 amide bonds. The Labute approximate surface area is 129 Å². The number of carbonyl (C=O) groups excluding carboxylic acids is 2. The summed E-state index contributed by atoms with van der Waals surface area (Å²) in [4.78, 5) is 26.0. The number of halogens is 3. The first-order valence-corrected chi connectivity index (χ1v) is 7.15. The molecule has 0 aromatic heterocycles. The van der Waals surface area contributed by atoms with Crippen LogP contribution in [0, 0.1) is 11.8 Å². The molecule has 1 aromatic carbocycles. The summed E-state index contributed by atoms with van der Waals surface area (Å²) < 4.78 is 45.3. The molecule has 7 heteroatoms. The van der Waals surface area contributed by atoms with Crippen LogP contribution in [0.4, 0.5) is 18.9 Å². The highest BCUT2D eigenvalue weighted by molar-refractivity contribution is 6.23. The summed E-state index contributed by atoms with van der Waals surface area (Å²) in [5.74, 6) is -2.79. The number of alkyl halides is 3. The van der Waals surface area contributed by atoms with Crippen molar-refractivity contribution in [3.63, 3.8) is 0 Å². The number of anilines is 1. The van der Waals surface area contributed by atoms with Crippen LogP contribution < -0.4 is 4.90 Å². The highest BCUT2D eigenvalue weighted by Crippen LogP contribution is 2.53. The van der Waals surface area contributed by atoms with Crippen LogP contribution in [-0.2, 0) is 20.5 Å². The lowest BCUT2D eigenvalue weighted by Crippen LogP contribution is -2.39. The van der Waals surface area contributed by atoms with Gasteiger partial charge in [0.1, 0.15) is 0 Å². The van der Waals surface area contributed by atoms with Gasteiger partial charge in [-0.25, -0.2) is 4.90 Å². The molecule has 4 atom stereocenters. The van der Waals surface area contributed by atoms with E-state index >= 15 is 0 Å². The van der Waals surface area contributed by atoms with Gasteiger partial charge in [-0.15, -0.1) is 0 Å². The number of ether oxygens (including phenoxy) is 1. The average Bonchev–Trinajstić information content (AvgIpc) is 3.07. The van der Waals surface area contributed by atoms with E-state index in [0.29, 0.717) is 4.90 Å². The van der Waals surface area contributed by atoms with E-state index in [1.54, 1.807) is 19.1 Å². The second-order valence-corrected chi connectivity index (χ2v) is 6.16. The second-order valence-electron chi connectivity index (χ2n) is 6.16. The number of benzene rings is 1. The van der Waals surface area contributed by atoms with Crippen LogP contribution in [0.3, 0.4) is 0 Å². The molecule has 120 valence electrons. The Kier molecular flexibility index (Phi) is 2.65. The van der Waals surface area contributed by atoms with E-state index < -0.39 is 52.8 Å². The second kappa shape index (κ2) is 4.23. The molecule has 3 heterocycles. The summed E-state index contributed by atoms with van der Waals surface area (Å²) in [5.41, 5.74) is -2.33. The molecule has 4 nitrogen and oxygen atoms in total. The van der Waals surface area contributed by atoms with Crippen molar-refractivity contribution in [2.24, 2.45) is 11.8 Å². The van der Waals surface area contributed by atoms with Gasteiger partial charge in [0.15, 0.2) is 0 Å². The minimum Gasteiger partial charge on any atom is -0.362 e. The molecule has 0 spiro atoms. The first kappa shape index (κ1) is 14.4. The van der Waals surface area contributed by atoms with Crippen LogP contribution in [0.25, 0.3) is 0 Å². The van der Waals surface area contributed by atoms with E-state index in [1.807, 2.05) is 0 Å². The van der Waals surface area contributed by atoms with Crippen molar-refractivity contribution < 1.29 is 27.5 Å². The van der Waals surface area contributed by atoms with Gasteiger partial charge < -0.3 is 4.74 Å². The van der Waals surface area contributed by atoms with Gasteiger partial charge in [0, 0.05) is 0 Å². The third-order valence-electron chi connectivity index (χ3n) is 4.78. The van der Waals surface area contributed by atoms with Gasteiger partial charge >= 0.3 is 6.18 Å². The Morgan fingerprint density at radius 3 is 2.52 bits per heavy atom. The summed E-state index contributed by atoms with van der Waals surface area (Å²) in [5, 5.41) is 0. The third kappa shape index (κ3) is 1.77. The van der Waals surface area contributed by atoms with Gasteiger partial charge in [0.25, 0.3) is 0 Å². The van der Waals surface area contributed by atoms with Crippen molar-refractivity contribution in [2.75, 3.05) is 4.90 Å². The van der Waals surface area contributed by atoms with Gasteiger partial charge in [-0.3, -0.25) is 9.59 Å². The number of fused-ring (bicyclic) bond motifs is 5. The van der Waals surface area contributed by atoms with E-state index in [2.05, 4.69) is 0 Å². The molecule has 1 aromatic rings. The van der Waals surface area contributed by atoms with Crippen molar-refractivity contribution in [3.05, 3.63) is 42.0 Å². The van der Waals surface area contributed by atoms with E-state index in [-0.39, 0.29) is 0 Å². The van der Waals surface area contributed by atoms with Gasteiger partial charge in [-0.05, 0) is 19.1 Å². The third-order valence-corrected chi connectivity index (χ3v) is 4.78. The smallest absolute Gasteiger partial charge is 0.362 e. The average molecular weight is 323 g/mol. The molecule has 23 heavy (non-hydrogen) atoms. The van der Waals surface area contributed by atoms with Crippen LogP contribution in [0.5, 0.6) is 0 Å². The molecule has 0 aliphatic carbocycles. The number of carbonyl (C=O) groups is 2. The van der Waals surface area contributed by atoms with E-state index in [1.165, 1.54) is 12.1 Å². The molecule has 2 fully saturated rings. The number of hydrogen-bond acceptors (Lipinski definition) is 3. The molecule has 0 N–H and O–H groups in total. The van der Waals surface area contributed by atoms with Crippen molar-refractivity contribution >= 4 is 17.5 Å². The number of imide groups is 1. The topological polar surface area (TPSA) is 46.6 Å². The quantitative estimate of drug-likeness (QED) is 0.589. The van der Waals surface area contributed by atoms with Crippen LogP contribution in [-0.4, -0.2) is 23.5 Å². The van der Waals surface area contributed by atoms with E-state index in [4.69, 9.17) is 4.74 Å². The monoisotopic (exact) mass is 323 g/mol. The van der Waals surface area contributed by atoms with Crippen LogP contribution in [0.15, 0.2) is 36.4 Å². The Balaban J connectivity index is 1.82. The highest BCUT2D eigenvalue weighted by atomic mass is 19.4. The summed E-state index contributed by atoms with van der Waals surface area (Å²) in [6.45, 7) is 1.68. The SMILES string of the molecule is C[C@@]12C=C[C@@H](O1)[C@@H]1C(=O)N(c3ccccc3C(F)(F)F)C(=O)[C@@H]12. The lowest BCUT2D eigenvalue weighted by Gasteiger charge is -2.25. The van der Waals surface area contributed by atoms with Crippen molar-refractivity contribution in [2.45, 2.75) is 24.8 Å². The first-order valence-electron chi connectivity index (χ1n) is 7.15. The fourth-order valence-corrected chi connectivity index (χ4v) is 3.80. The Morgan fingerprint density at radius 1 is 1.17 bits per heavy atom. The number of nitrogens with zero attached hydrogens (tertiary/aromatic N) is 1. The normalized spacial score (nSPS) is 35.3. The zero-order valence-electron chi connectivity index (χ0n) is 12.0. The highest BCUT2D eigenvalue weighted by Gasteiger charge is 2.66. The van der Waals surface area contributed by atoms with Gasteiger partial charge in [0.2, 0.25) is 11.8 Å². The maximum Gasteiger partial charge on any atom is 0.418 e. The standard InChI is InChI=1S/C16H12F3NO3/c1-15-7-6-10(23-15)11-12(15)14(22)20(13(11)21)9-5-3-2-4-8(9)16(17,18)19/h2-7,10-12H,1H3/t10-,11+,12-,15+/m1/s1. The maximum atomic E-state index is 13.2. The fraction of sp³-hybridized carbons (Fsp3) is 0.375. The molecular weight excluding hydrogens is 311 g/mol. The van der Waals surface area contributed by atoms with Crippen LogP contribution >= 0.6 is 0 Å². The molecule has 0 unspecified atom stereocenters. The van der Waals surface area contributed by atoms with Gasteiger partial charge in [-0.1, -0.05) is 24.3 Å². The van der Waals surface area contributed by atoms with Crippen LogP contribution in [0.1, 0.15) is 12.5 Å². The first-order chi connectivity index (χ1) is 10.7. The lowest BCUT2D eigenvalue weighted by atomic mass is 9.78. The molecule has 2 bridgehead atoms. The zero-order valence-corrected chi connectivity index (χ0v) is 12.0. The Hall–Kier alpha value is -2.15. The largest absolute Gasteiger partial charge is 0.418 e. The van der Waals surface area contributed by atoms with Crippen LogP contribution in [0.2, 0.25) is 0 Å². The molecular formula is C16H12F3NO3. The van der Waals surface area contributed by atoms with E-state index in [0.717, 1.165) is 12.1 Å². The zero-order chi connectivity index (χ0) is 16.6. The predicted octanol–water partition coefficient (Wildman–Crippen LogP) is 2.54. The molecule has 4 rings (SSSR count). The number of para-hydroxylation sites is 1. The lowest BCUT2D eigenvalue weighted by molar-refractivity contribution is -0.137. The van der Waals surface area contributed by atoms with Gasteiger partial charge in [-0.2, -0.15) is 13.2 Å². The summed E-state index contributed by atoms with van der Waals surface area (Å²) in [6.07, 6.45) is -1.79. The van der Waals surface area contributed by atoms with Gasteiger partial charge in [0.05, 0.1) is 34.8 Å². The minimum atomic E-state index is -4.65. The van der Waals surface area contributed by atoms with Crippen molar-refractivity contribution in [1.29, 1.82) is 0 Å². The molecule has 0 saturated carbocycles. The van der Waals surface area contributed by atoms with Crippen molar-refractivity contribution in [1.82, 2.24) is 0 Å². The minimum absolute atomic E-state index is 0.410. The van der Waals surface area contributed by atoms with Crippen molar-refractivity contribution in [3.8, 4) is 0 Å². The molecule has 3 aliphatic rings. The summed E-state index contributed by atoms with van der Waals surface area (Å²) in [7, 11) is 0. The number of rotatable bonds is 1. The Morgan fingerprint density at radius 2 is 1.87 bits per heavy atom. The number of amides is 2. The van der Waals surface area contributed by atoms with E-state index in [9.17, 15) is 22.8 Å². The Bertz CT molecular complexity index is 757. The summed E-state index contributed by atoms with van der Waals surface area (Å²) in [6, 6.07) is 4.63. The molecule has 0 radical (unpaired) electrons. The fourth-order valence-electron chi connectivity index (χ4n) is 3.80. The summed E-state index contributed by atoms with van der Waals surface area (Å²) >= 11 is 0. The number of hydrogen-bond donors (Lipinski definition) is 0.